The van der Waals surface area contributed by atoms with Crippen molar-refractivity contribution in [3.63, 3.8) is 0 Å². The number of morpholine rings is 1. The number of halogens is 3. The Morgan fingerprint density at radius 2 is 1.62 bits per heavy atom. The summed E-state index contributed by atoms with van der Waals surface area (Å²) < 4.78 is 74.7. The van der Waals surface area contributed by atoms with Crippen molar-refractivity contribution in [2.75, 3.05) is 51.1 Å². The lowest BCUT2D eigenvalue weighted by Gasteiger charge is -2.40. The Labute approximate surface area is 185 Å². The quantitative estimate of drug-likeness (QED) is 0.664. The number of benzene rings is 1. The lowest BCUT2D eigenvalue weighted by Crippen LogP contribution is -2.57. The molecule has 3 rings (SSSR count). The molecule has 0 saturated carbocycles. The molecule has 180 valence electrons. The molecule has 0 unspecified atom stereocenters. The van der Waals surface area contributed by atoms with Crippen LogP contribution in [0.15, 0.2) is 24.3 Å². The highest BCUT2D eigenvalue weighted by Crippen LogP contribution is 2.24. The van der Waals surface area contributed by atoms with E-state index in [2.05, 4.69) is 10.1 Å². The topological polar surface area (TPSA) is 91.4 Å². The highest BCUT2D eigenvalue weighted by atomic mass is 32.2. The van der Waals surface area contributed by atoms with Gasteiger partial charge in [-0.15, -0.1) is 13.2 Å². The zero-order valence-corrected chi connectivity index (χ0v) is 18.7. The molecule has 9 nitrogen and oxygen atoms in total. The van der Waals surface area contributed by atoms with Crippen molar-refractivity contribution < 1.29 is 35.9 Å². The van der Waals surface area contributed by atoms with Crippen LogP contribution in [0.3, 0.4) is 0 Å². The summed E-state index contributed by atoms with van der Waals surface area (Å²) in [6, 6.07) is 4.85. The van der Waals surface area contributed by atoms with Gasteiger partial charge in [-0.25, -0.2) is 0 Å². The second-order valence-electron chi connectivity index (χ2n) is 7.88. The highest BCUT2D eigenvalue weighted by Gasteiger charge is 2.37. The summed E-state index contributed by atoms with van der Waals surface area (Å²) in [5, 5.41) is 2.61. The average Bonchev–Trinajstić information content (AvgIpc) is 2.68. The van der Waals surface area contributed by atoms with E-state index >= 15 is 0 Å². The van der Waals surface area contributed by atoms with Crippen LogP contribution in [0.1, 0.15) is 13.8 Å². The predicted octanol–water partition coefficient (Wildman–Crippen LogP) is 1.50. The van der Waals surface area contributed by atoms with Crippen LogP contribution in [0.25, 0.3) is 0 Å². The molecule has 1 N–H and O–H groups in total. The Morgan fingerprint density at radius 1 is 1.06 bits per heavy atom. The number of carbonyl (C=O) groups excluding carboxylic acids is 1. The van der Waals surface area contributed by atoms with Crippen LogP contribution in [0, 0.1) is 0 Å². The third kappa shape index (κ3) is 6.78. The minimum Gasteiger partial charge on any atom is -0.406 e. The van der Waals surface area contributed by atoms with Gasteiger partial charge < -0.3 is 14.8 Å². The van der Waals surface area contributed by atoms with E-state index in [1.165, 1.54) is 20.7 Å². The maximum absolute atomic E-state index is 12.9. The van der Waals surface area contributed by atoms with E-state index in [1.54, 1.807) is 0 Å². The van der Waals surface area contributed by atoms with Crippen LogP contribution >= 0.6 is 0 Å². The first-order valence-corrected chi connectivity index (χ1v) is 11.6. The summed E-state index contributed by atoms with van der Waals surface area (Å²) in [7, 11) is -3.60. The number of nitrogens with one attached hydrogen (secondary N) is 1. The van der Waals surface area contributed by atoms with E-state index in [0.29, 0.717) is 31.9 Å². The fourth-order valence-corrected chi connectivity index (χ4v) is 5.49. The molecule has 2 aliphatic heterocycles. The van der Waals surface area contributed by atoms with Gasteiger partial charge in [0.15, 0.2) is 0 Å². The molecule has 0 aromatic heterocycles. The van der Waals surface area contributed by atoms with Crippen molar-refractivity contribution >= 4 is 21.8 Å². The molecule has 0 bridgehead atoms. The summed E-state index contributed by atoms with van der Waals surface area (Å²) in [5.74, 6) is -0.724. The zero-order valence-electron chi connectivity index (χ0n) is 17.8. The standard InChI is InChI=1S/C19H27F3N4O5S/c1-14-11-26(12-15(2)30-14)32(28,29)25-9-7-24(8-10-25)13-18(27)23-16-3-5-17(6-4-16)31-19(20,21)22/h3-6,14-15H,7-13H2,1-2H3,(H,23,27)/t14-,15-/m1/s1. The number of amides is 1. The number of hydrogen-bond acceptors (Lipinski definition) is 6. The molecule has 1 aromatic carbocycles. The third-order valence-electron chi connectivity index (χ3n) is 5.11. The van der Waals surface area contributed by atoms with E-state index in [-0.39, 0.29) is 43.5 Å². The average molecular weight is 481 g/mol. The number of rotatable bonds is 6. The SMILES string of the molecule is C[C@@H]1CN(S(=O)(=O)N2CCN(CC(=O)Nc3ccc(OC(F)(F)F)cc3)CC2)C[C@@H](C)O1. The number of anilines is 1. The number of hydrogen-bond donors (Lipinski definition) is 1. The van der Waals surface area contributed by atoms with Crippen LogP contribution in [0.5, 0.6) is 5.75 Å². The molecular weight excluding hydrogens is 453 g/mol. The molecule has 0 radical (unpaired) electrons. The second-order valence-corrected chi connectivity index (χ2v) is 9.81. The minimum absolute atomic E-state index is 0.0420. The maximum atomic E-state index is 12.9. The van der Waals surface area contributed by atoms with Crippen molar-refractivity contribution in [2.45, 2.75) is 32.4 Å². The van der Waals surface area contributed by atoms with E-state index in [4.69, 9.17) is 4.74 Å². The second kappa shape index (κ2) is 9.91. The molecule has 0 spiro atoms. The summed E-state index contributed by atoms with van der Waals surface area (Å²) in [6.07, 6.45) is -5.13. The maximum Gasteiger partial charge on any atom is 0.573 e. The lowest BCUT2D eigenvalue weighted by molar-refractivity contribution is -0.274. The first-order valence-electron chi connectivity index (χ1n) is 10.2. The van der Waals surface area contributed by atoms with Gasteiger partial charge in [0.05, 0.1) is 18.8 Å². The summed E-state index contributed by atoms with van der Waals surface area (Å²) >= 11 is 0. The van der Waals surface area contributed by atoms with Crippen molar-refractivity contribution in [1.82, 2.24) is 13.5 Å². The van der Waals surface area contributed by atoms with Crippen LogP contribution in [0.2, 0.25) is 0 Å². The summed E-state index contributed by atoms with van der Waals surface area (Å²) in [4.78, 5) is 14.1. The Kier molecular flexibility index (Phi) is 7.65. The van der Waals surface area contributed by atoms with Crippen molar-refractivity contribution in [3.05, 3.63) is 24.3 Å². The van der Waals surface area contributed by atoms with Crippen LogP contribution in [-0.2, 0) is 19.7 Å². The molecule has 1 amide bonds. The molecule has 2 aliphatic rings. The summed E-state index contributed by atoms with van der Waals surface area (Å²) in [5.41, 5.74) is 0.335. The van der Waals surface area contributed by atoms with Gasteiger partial charge in [0.25, 0.3) is 10.2 Å². The Morgan fingerprint density at radius 3 is 2.16 bits per heavy atom. The van der Waals surface area contributed by atoms with E-state index in [9.17, 15) is 26.4 Å². The molecular formula is C19H27F3N4O5S. The Bertz CT molecular complexity index is 879. The summed E-state index contributed by atoms with van der Waals surface area (Å²) in [6.45, 7) is 5.64. The van der Waals surface area contributed by atoms with Crippen LogP contribution < -0.4 is 10.1 Å². The first-order chi connectivity index (χ1) is 14.9. The van der Waals surface area contributed by atoms with Gasteiger partial charge in [-0.2, -0.15) is 17.0 Å². The van der Waals surface area contributed by atoms with Gasteiger partial charge in [0, 0.05) is 45.0 Å². The smallest absolute Gasteiger partial charge is 0.406 e. The van der Waals surface area contributed by atoms with Crippen molar-refractivity contribution in [1.29, 1.82) is 0 Å². The molecule has 2 saturated heterocycles. The fourth-order valence-electron chi connectivity index (χ4n) is 3.74. The van der Waals surface area contributed by atoms with Gasteiger partial charge in [0.1, 0.15) is 5.75 Å². The normalized spacial score (nSPS) is 24.3. The van der Waals surface area contributed by atoms with Crippen LogP contribution in [-0.4, -0.2) is 92.2 Å². The fraction of sp³-hybridized carbons (Fsp3) is 0.632. The number of nitrogens with zero attached hydrogens (tertiary/aromatic N) is 3. The lowest BCUT2D eigenvalue weighted by atomic mass is 10.3. The Balaban J connectivity index is 1.47. The number of ether oxygens (including phenoxy) is 2. The largest absolute Gasteiger partial charge is 0.573 e. The number of carbonyl (C=O) groups is 1. The molecule has 2 heterocycles. The number of piperazine rings is 1. The molecule has 2 atom stereocenters. The van der Waals surface area contributed by atoms with Gasteiger partial charge in [-0.05, 0) is 38.1 Å². The van der Waals surface area contributed by atoms with Gasteiger partial charge in [-0.1, -0.05) is 0 Å². The number of alkyl halides is 3. The molecule has 1 aromatic rings. The predicted molar refractivity (Wildman–Crippen MR) is 110 cm³/mol. The molecule has 13 heteroatoms. The minimum atomic E-state index is -4.78. The zero-order chi connectivity index (χ0) is 23.5. The molecule has 2 fully saturated rings. The van der Waals surface area contributed by atoms with Crippen molar-refractivity contribution in [2.24, 2.45) is 0 Å². The van der Waals surface area contributed by atoms with E-state index in [0.717, 1.165) is 12.1 Å². The molecule has 0 aliphatic carbocycles. The first kappa shape index (κ1) is 24.7. The van der Waals surface area contributed by atoms with Gasteiger partial charge >= 0.3 is 6.36 Å². The van der Waals surface area contributed by atoms with E-state index in [1.807, 2.05) is 18.7 Å². The van der Waals surface area contributed by atoms with Gasteiger partial charge in [0.2, 0.25) is 5.91 Å². The monoisotopic (exact) mass is 480 g/mol. The van der Waals surface area contributed by atoms with Gasteiger partial charge in [-0.3, -0.25) is 9.69 Å². The third-order valence-corrected chi connectivity index (χ3v) is 7.08. The van der Waals surface area contributed by atoms with Crippen molar-refractivity contribution in [3.8, 4) is 5.75 Å². The molecule has 32 heavy (non-hydrogen) atoms. The van der Waals surface area contributed by atoms with E-state index < -0.39 is 16.6 Å². The Hall–Kier alpha value is -1.93. The van der Waals surface area contributed by atoms with Crippen LogP contribution in [0.4, 0.5) is 18.9 Å². The highest BCUT2D eigenvalue weighted by molar-refractivity contribution is 7.86.